The van der Waals surface area contributed by atoms with Crippen LogP contribution >= 0.6 is 0 Å². The maximum atomic E-state index is 11.5. The molecule has 0 N–H and O–H groups in total. The number of ether oxygens (including phenoxy) is 3. The van der Waals surface area contributed by atoms with Crippen LogP contribution in [0.2, 0.25) is 0 Å². The molecule has 0 fully saturated rings. The summed E-state index contributed by atoms with van der Waals surface area (Å²) in [6.45, 7) is 6.86. The molecule has 11 heteroatoms. The second kappa shape index (κ2) is 18.2. The van der Waals surface area contributed by atoms with Crippen molar-refractivity contribution in [2.45, 2.75) is 34.1 Å². The first-order valence-electron chi connectivity index (χ1n) is 10.6. The zero-order chi connectivity index (χ0) is 26.6. The average molecular weight is 488 g/mol. The van der Waals surface area contributed by atoms with Gasteiger partial charge in [-0.1, -0.05) is 0 Å². The van der Waals surface area contributed by atoms with Crippen LogP contribution < -0.4 is 0 Å². The Hall–Kier alpha value is -4.28. The molecule has 0 unspecified atom stereocenters. The fraction of sp³-hybridized carbons (Fsp3) is 0.333. The third-order valence-electron chi connectivity index (χ3n) is 3.59. The molecule has 2 heterocycles. The Labute approximate surface area is 202 Å². The summed E-state index contributed by atoms with van der Waals surface area (Å²) >= 11 is 0. The second-order valence-corrected chi connectivity index (χ2v) is 6.22. The van der Waals surface area contributed by atoms with Gasteiger partial charge in [-0.05, 0) is 52.0 Å². The molecule has 2 aromatic rings. The van der Waals surface area contributed by atoms with E-state index in [0.717, 1.165) is 0 Å². The van der Waals surface area contributed by atoms with Gasteiger partial charge >= 0.3 is 17.9 Å². The molecule has 0 aliphatic heterocycles. The summed E-state index contributed by atoms with van der Waals surface area (Å²) in [4.78, 5) is 72.7. The minimum Gasteiger partial charge on any atom is -0.460 e. The first-order valence-corrected chi connectivity index (χ1v) is 10.6. The Bertz CT molecular complexity index is 961. The Morgan fingerprint density at radius 3 is 1.46 bits per heavy atom. The number of carbonyl (C=O) groups excluding carboxylic acids is 6. The van der Waals surface area contributed by atoms with E-state index in [4.69, 9.17) is 0 Å². The number of hydrogen-bond acceptors (Lipinski definition) is 11. The quantitative estimate of drug-likeness (QED) is 0.176. The highest BCUT2D eigenvalue weighted by Crippen LogP contribution is 2.02. The maximum Gasteiger partial charge on any atom is 0.417 e. The van der Waals surface area contributed by atoms with Gasteiger partial charge in [-0.25, -0.2) is 14.4 Å². The van der Waals surface area contributed by atoms with Gasteiger partial charge in [-0.2, -0.15) is 0 Å². The van der Waals surface area contributed by atoms with Crippen molar-refractivity contribution in [2.75, 3.05) is 19.8 Å². The van der Waals surface area contributed by atoms with Gasteiger partial charge in [0.1, 0.15) is 0 Å². The first-order chi connectivity index (χ1) is 16.7. The van der Waals surface area contributed by atoms with Gasteiger partial charge in [0.15, 0.2) is 11.6 Å². The molecule has 35 heavy (non-hydrogen) atoms. The van der Waals surface area contributed by atoms with Crippen molar-refractivity contribution in [2.24, 2.45) is 0 Å². The van der Waals surface area contributed by atoms with Gasteiger partial charge < -0.3 is 14.2 Å². The summed E-state index contributed by atoms with van der Waals surface area (Å²) in [7, 11) is 0. The van der Waals surface area contributed by atoms with Crippen LogP contribution in [0.3, 0.4) is 0 Å². The van der Waals surface area contributed by atoms with Crippen molar-refractivity contribution >= 4 is 35.3 Å². The molecule has 0 atom stereocenters. The summed E-state index contributed by atoms with van der Waals surface area (Å²) in [6, 6.07) is 6.61. The van der Waals surface area contributed by atoms with Crippen molar-refractivity contribution in [3.05, 3.63) is 60.2 Å². The third kappa shape index (κ3) is 13.8. The Morgan fingerprint density at radius 1 is 0.686 bits per heavy atom. The van der Waals surface area contributed by atoms with Gasteiger partial charge in [-0.3, -0.25) is 24.4 Å². The number of hydrogen-bond donors (Lipinski definition) is 0. The summed E-state index contributed by atoms with van der Waals surface area (Å²) in [5.41, 5.74) is 0.970. The topological polar surface area (TPSA) is 156 Å². The van der Waals surface area contributed by atoms with E-state index in [0.29, 0.717) is 11.1 Å². The van der Waals surface area contributed by atoms with Crippen LogP contribution in [0.4, 0.5) is 0 Å². The lowest BCUT2D eigenvalue weighted by molar-refractivity contribution is -0.167. The van der Waals surface area contributed by atoms with E-state index in [9.17, 15) is 28.8 Å². The molecule has 2 rings (SSSR count). The van der Waals surface area contributed by atoms with E-state index < -0.39 is 35.9 Å². The predicted octanol–water partition coefficient (Wildman–Crippen LogP) is 2.18. The van der Waals surface area contributed by atoms with Crippen LogP contribution in [0.15, 0.2) is 49.1 Å². The average Bonchev–Trinajstić information content (AvgIpc) is 2.86. The van der Waals surface area contributed by atoms with Crippen molar-refractivity contribution < 1.29 is 43.0 Å². The fourth-order valence-corrected chi connectivity index (χ4v) is 2.01. The SMILES string of the molecule is CC(=O)c1cccnc1.CCOC(=O)C(=O)CC(=O)c1cccnc1.CCOC(=O)C(=O)OCC. The molecule has 0 aliphatic rings. The molecule has 0 saturated carbocycles. The van der Waals surface area contributed by atoms with Crippen LogP contribution in [-0.2, 0) is 33.4 Å². The normalized spacial score (nSPS) is 9.14. The molecular formula is C24H28N2O9. The molecule has 11 nitrogen and oxygen atoms in total. The molecule has 188 valence electrons. The lowest BCUT2D eigenvalue weighted by Crippen LogP contribution is -2.20. The monoisotopic (exact) mass is 488 g/mol. The van der Waals surface area contributed by atoms with Crippen LogP contribution in [0, 0.1) is 0 Å². The highest BCUT2D eigenvalue weighted by atomic mass is 16.6. The summed E-state index contributed by atoms with van der Waals surface area (Å²) in [5, 5.41) is 0. The van der Waals surface area contributed by atoms with E-state index in [1.807, 2.05) is 0 Å². The fourth-order valence-electron chi connectivity index (χ4n) is 2.01. The van der Waals surface area contributed by atoms with Crippen molar-refractivity contribution in [1.82, 2.24) is 9.97 Å². The number of Topliss-reactive ketones (excluding diaryl/α,β-unsaturated/α-hetero) is 3. The second-order valence-electron chi connectivity index (χ2n) is 6.22. The van der Waals surface area contributed by atoms with E-state index in [2.05, 4.69) is 24.2 Å². The predicted molar refractivity (Wildman–Crippen MR) is 122 cm³/mol. The van der Waals surface area contributed by atoms with Crippen LogP contribution in [0.1, 0.15) is 54.8 Å². The minimum absolute atomic E-state index is 0.0584. The molecule has 0 radical (unpaired) electrons. The van der Waals surface area contributed by atoms with Crippen molar-refractivity contribution in [3.8, 4) is 0 Å². The van der Waals surface area contributed by atoms with E-state index >= 15 is 0 Å². The Morgan fingerprint density at radius 2 is 1.11 bits per heavy atom. The van der Waals surface area contributed by atoms with Gasteiger partial charge in [0.05, 0.1) is 26.2 Å². The van der Waals surface area contributed by atoms with E-state index in [1.165, 1.54) is 25.4 Å². The number of esters is 3. The number of pyridine rings is 2. The van der Waals surface area contributed by atoms with Crippen LogP contribution in [0.5, 0.6) is 0 Å². The summed E-state index contributed by atoms with van der Waals surface area (Å²) in [5.74, 6) is -4.04. The summed E-state index contributed by atoms with van der Waals surface area (Å²) in [6.07, 6.45) is 5.59. The number of nitrogens with zero attached hydrogens (tertiary/aromatic N) is 2. The molecule has 0 aliphatic carbocycles. The maximum absolute atomic E-state index is 11.5. The van der Waals surface area contributed by atoms with Crippen LogP contribution in [-0.4, -0.2) is 65.0 Å². The smallest absolute Gasteiger partial charge is 0.417 e. The molecule has 0 saturated heterocycles. The van der Waals surface area contributed by atoms with Gasteiger partial charge in [0, 0.05) is 35.9 Å². The molecule has 0 amide bonds. The first kappa shape index (κ1) is 30.7. The van der Waals surface area contributed by atoms with Crippen LogP contribution in [0.25, 0.3) is 0 Å². The molecular weight excluding hydrogens is 460 g/mol. The zero-order valence-corrected chi connectivity index (χ0v) is 20.0. The third-order valence-corrected chi connectivity index (χ3v) is 3.59. The zero-order valence-electron chi connectivity index (χ0n) is 20.0. The number of rotatable bonds is 8. The van der Waals surface area contributed by atoms with Crippen molar-refractivity contribution in [3.63, 3.8) is 0 Å². The molecule has 0 spiro atoms. The minimum atomic E-state index is -0.972. The number of ketones is 3. The van der Waals surface area contributed by atoms with Gasteiger partial charge in [0.2, 0.25) is 5.78 Å². The lowest BCUT2D eigenvalue weighted by Gasteiger charge is -2.00. The molecule has 0 bridgehead atoms. The Kier molecular flexibility index (Phi) is 16.0. The highest BCUT2D eigenvalue weighted by Gasteiger charge is 2.19. The number of carbonyl (C=O) groups is 6. The standard InChI is InChI=1S/C11H11NO4.C7H7NO.C6H10O4/c1-2-16-11(15)10(14)6-9(13)8-4-3-5-12-7-8;1-6(9)7-3-2-4-8-5-7;1-3-9-5(7)6(8)10-4-2/h3-5,7H,2,6H2,1H3;2-5H,1H3;3-4H2,1-2H3. The summed E-state index contributed by atoms with van der Waals surface area (Å²) < 4.78 is 13.2. The van der Waals surface area contributed by atoms with E-state index in [1.54, 1.807) is 51.4 Å². The molecule has 0 aromatic carbocycles. The largest absolute Gasteiger partial charge is 0.460 e. The van der Waals surface area contributed by atoms with Crippen molar-refractivity contribution in [1.29, 1.82) is 0 Å². The molecule has 2 aromatic heterocycles. The number of aromatic nitrogens is 2. The lowest BCUT2D eigenvalue weighted by atomic mass is 10.1. The van der Waals surface area contributed by atoms with Gasteiger partial charge in [0.25, 0.3) is 0 Å². The Balaban J connectivity index is 0.000000526. The van der Waals surface area contributed by atoms with E-state index in [-0.39, 0.29) is 25.6 Å². The van der Waals surface area contributed by atoms with Gasteiger partial charge in [-0.15, -0.1) is 0 Å². The highest BCUT2D eigenvalue weighted by molar-refractivity contribution is 6.38.